The number of fused-ring (bicyclic) bond motifs is 1. The van der Waals surface area contributed by atoms with E-state index in [1.165, 1.54) is 20.4 Å². The molecule has 1 amide bonds. The Bertz CT molecular complexity index is 904. The molecule has 0 atom stereocenters. The zero-order valence-electron chi connectivity index (χ0n) is 12.9. The van der Waals surface area contributed by atoms with Crippen molar-refractivity contribution in [1.82, 2.24) is 19.5 Å². The van der Waals surface area contributed by atoms with Crippen molar-refractivity contribution in [3.8, 4) is 5.69 Å². The third kappa shape index (κ3) is 2.86. The number of nitrogens with one attached hydrogen (secondary N) is 1. The van der Waals surface area contributed by atoms with Gasteiger partial charge in [0.15, 0.2) is 5.69 Å². The summed E-state index contributed by atoms with van der Waals surface area (Å²) in [6.45, 7) is 0. The highest BCUT2D eigenvalue weighted by atomic mass is 16.5. The molecule has 0 aliphatic carbocycles. The molecular weight excluding hydrogens is 314 g/mol. The molecule has 0 aliphatic heterocycles. The van der Waals surface area contributed by atoms with Crippen LogP contribution in [0, 0.1) is 0 Å². The van der Waals surface area contributed by atoms with E-state index in [0.717, 1.165) is 0 Å². The second-order valence-electron chi connectivity index (χ2n) is 4.68. The van der Waals surface area contributed by atoms with Gasteiger partial charge in [0.2, 0.25) is 0 Å². The normalized spacial score (nSPS) is 10.4. The number of ether oxygens (including phenoxy) is 2. The summed E-state index contributed by atoms with van der Waals surface area (Å²) in [6, 6.07) is 4.97. The van der Waals surface area contributed by atoms with Crippen molar-refractivity contribution in [1.29, 1.82) is 0 Å². The van der Waals surface area contributed by atoms with Gasteiger partial charge in [-0.25, -0.2) is 24.5 Å². The van der Waals surface area contributed by atoms with Crippen molar-refractivity contribution in [2.45, 2.75) is 0 Å². The second-order valence-corrected chi connectivity index (χ2v) is 4.68. The van der Waals surface area contributed by atoms with Crippen LogP contribution in [0.4, 0.5) is 10.6 Å². The van der Waals surface area contributed by atoms with Crippen LogP contribution in [0.15, 0.2) is 36.9 Å². The summed E-state index contributed by atoms with van der Waals surface area (Å²) < 4.78 is 10.9. The maximum absolute atomic E-state index is 11.6. The predicted molar refractivity (Wildman–Crippen MR) is 84.0 cm³/mol. The van der Waals surface area contributed by atoms with Gasteiger partial charge in [-0.1, -0.05) is 0 Å². The first-order valence-electron chi connectivity index (χ1n) is 6.85. The van der Waals surface area contributed by atoms with E-state index in [1.807, 2.05) is 0 Å². The number of rotatable bonds is 3. The third-order valence-electron chi connectivity index (χ3n) is 3.27. The lowest BCUT2D eigenvalue weighted by atomic mass is 10.3. The number of carbonyl (C=O) groups excluding carboxylic acids is 2. The molecule has 0 aliphatic rings. The zero-order valence-corrected chi connectivity index (χ0v) is 12.9. The first kappa shape index (κ1) is 15.4. The van der Waals surface area contributed by atoms with Gasteiger partial charge in [-0.3, -0.25) is 9.88 Å². The number of pyridine rings is 2. The summed E-state index contributed by atoms with van der Waals surface area (Å²) in [4.78, 5) is 35.2. The highest BCUT2D eigenvalue weighted by molar-refractivity contribution is 5.91. The van der Waals surface area contributed by atoms with E-state index < -0.39 is 12.1 Å². The van der Waals surface area contributed by atoms with E-state index in [4.69, 9.17) is 0 Å². The molecule has 0 saturated carbocycles. The standard InChI is InChI=1S/C15H13N5O4/c1-23-14(21)10-5-12-11(7-16-10)18-8-20(12)9-3-4-13(17-6-9)19-15(22)24-2/h3-8H,1-2H3,(H,17,19,22). The summed E-state index contributed by atoms with van der Waals surface area (Å²) in [6.07, 6.45) is 4.05. The number of aromatic nitrogens is 4. The lowest BCUT2D eigenvalue weighted by Gasteiger charge is -2.06. The van der Waals surface area contributed by atoms with E-state index >= 15 is 0 Å². The van der Waals surface area contributed by atoms with Gasteiger partial charge in [-0.2, -0.15) is 0 Å². The smallest absolute Gasteiger partial charge is 0.412 e. The monoisotopic (exact) mass is 327 g/mol. The highest BCUT2D eigenvalue weighted by Gasteiger charge is 2.12. The average Bonchev–Trinajstić information content (AvgIpc) is 3.04. The van der Waals surface area contributed by atoms with Crippen LogP contribution in [0.1, 0.15) is 10.5 Å². The minimum absolute atomic E-state index is 0.184. The fraction of sp³-hybridized carbons (Fsp3) is 0.133. The van der Waals surface area contributed by atoms with Crippen molar-refractivity contribution in [2.75, 3.05) is 19.5 Å². The fourth-order valence-electron chi connectivity index (χ4n) is 2.09. The summed E-state index contributed by atoms with van der Waals surface area (Å²) in [5, 5.41) is 2.46. The summed E-state index contributed by atoms with van der Waals surface area (Å²) in [7, 11) is 2.57. The lowest BCUT2D eigenvalue weighted by molar-refractivity contribution is 0.0594. The Balaban J connectivity index is 1.96. The molecule has 0 bridgehead atoms. The number of nitrogens with zero attached hydrogens (tertiary/aromatic N) is 4. The first-order chi connectivity index (χ1) is 11.6. The van der Waals surface area contributed by atoms with Gasteiger partial charge < -0.3 is 9.47 Å². The number of imidazole rings is 1. The van der Waals surface area contributed by atoms with Gasteiger partial charge in [0.25, 0.3) is 0 Å². The molecule has 3 aromatic rings. The van der Waals surface area contributed by atoms with Gasteiger partial charge >= 0.3 is 12.1 Å². The topological polar surface area (TPSA) is 108 Å². The molecule has 3 heterocycles. The summed E-state index contributed by atoms with van der Waals surface area (Å²) in [5.74, 6) is -0.174. The van der Waals surface area contributed by atoms with Crippen molar-refractivity contribution in [3.63, 3.8) is 0 Å². The van der Waals surface area contributed by atoms with Crippen LogP contribution in [0.25, 0.3) is 16.7 Å². The Morgan fingerprint density at radius 2 is 1.92 bits per heavy atom. The van der Waals surface area contributed by atoms with Crippen LogP contribution in [-0.4, -0.2) is 45.8 Å². The highest BCUT2D eigenvalue weighted by Crippen LogP contribution is 2.19. The molecule has 122 valence electrons. The Kier molecular flexibility index (Phi) is 4.06. The summed E-state index contributed by atoms with van der Waals surface area (Å²) in [5.41, 5.74) is 2.19. The van der Waals surface area contributed by atoms with Gasteiger partial charge in [0, 0.05) is 0 Å². The molecule has 0 unspecified atom stereocenters. The van der Waals surface area contributed by atoms with E-state index in [1.54, 1.807) is 35.3 Å². The quantitative estimate of drug-likeness (QED) is 0.730. The Hall–Kier alpha value is -3.49. The number of hydrogen-bond donors (Lipinski definition) is 1. The fourth-order valence-corrected chi connectivity index (χ4v) is 2.09. The van der Waals surface area contributed by atoms with Gasteiger partial charge in [0.1, 0.15) is 17.7 Å². The van der Waals surface area contributed by atoms with Gasteiger partial charge in [-0.05, 0) is 18.2 Å². The molecular formula is C15H13N5O4. The second kappa shape index (κ2) is 6.32. The minimum atomic E-state index is -0.600. The maximum atomic E-state index is 11.6. The number of anilines is 1. The Labute approximate surface area is 136 Å². The van der Waals surface area contributed by atoms with Crippen LogP contribution in [0.3, 0.4) is 0 Å². The van der Waals surface area contributed by atoms with Crippen molar-refractivity contribution >= 4 is 28.9 Å². The molecule has 9 heteroatoms. The number of amides is 1. The Morgan fingerprint density at radius 3 is 2.58 bits per heavy atom. The number of esters is 1. The SMILES string of the molecule is COC(=O)Nc1ccc(-n2cnc3cnc(C(=O)OC)cc32)cn1. The minimum Gasteiger partial charge on any atom is -0.464 e. The molecule has 0 saturated heterocycles. The van der Waals surface area contributed by atoms with Crippen molar-refractivity contribution in [3.05, 3.63) is 42.6 Å². The van der Waals surface area contributed by atoms with Gasteiger partial charge in [0.05, 0.1) is 37.8 Å². The molecule has 1 N–H and O–H groups in total. The number of carbonyl (C=O) groups is 2. The molecule has 24 heavy (non-hydrogen) atoms. The van der Waals surface area contributed by atoms with Crippen molar-refractivity contribution < 1.29 is 19.1 Å². The average molecular weight is 327 g/mol. The van der Waals surface area contributed by atoms with Crippen LogP contribution >= 0.6 is 0 Å². The summed E-state index contributed by atoms with van der Waals surface area (Å²) >= 11 is 0. The zero-order chi connectivity index (χ0) is 17.1. The molecule has 0 aromatic carbocycles. The number of hydrogen-bond acceptors (Lipinski definition) is 7. The molecule has 0 radical (unpaired) electrons. The van der Waals surface area contributed by atoms with E-state index in [0.29, 0.717) is 22.5 Å². The van der Waals surface area contributed by atoms with Gasteiger partial charge in [-0.15, -0.1) is 0 Å². The van der Waals surface area contributed by atoms with Crippen LogP contribution in [0.2, 0.25) is 0 Å². The van der Waals surface area contributed by atoms with Crippen LogP contribution < -0.4 is 5.32 Å². The largest absolute Gasteiger partial charge is 0.464 e. The van der Waals surface area contributed by atoms with E-state index in [-0.39, 0.29) is 5.69 Å². The van der Waals surface area contributed by atoms with E-state index in [2.05, 4.69) is 29.7 Å². The molecule has 3 aromatic heterocycles. The molecule has 0 spiro atoms. The third-order valence-corrected chi connectivity index (χ3v) is 3.27. The molecule has 0 fully saturated rings. The van der Waals surface area contributed by atoms with Crippen molar-refractivity contribution in [2.24, 2.45) is 0 Å². The predicted octanol–water partition coefficient (Wildman–Crippen LogP) is 1.78. The van der Waals surface area contributed by atoms with E-state index in [9.17, 15) is 9.59 Å². The maximum Gasteiger partial charge on any atom is 0.412 e. The van der Waals surface area contributed by atoms with Crippen LogP contribution in [0.5, 0.6) is 0 Å². The first-order valence-corrected chi connectivity index (χ1v) is 6.85. The molecule has 9 nitrogen and oxygen atoms in total. The lowest BCUT2D eigenvalue weighted by Crippen LogP contribution is -2.12. The molecule has 3 rings (SSSR count). The Morgan fingerprint density at radius 1 is 1.08 bits per heavy atom. The number of methoxy groups -OCH3 is 2. The van der Waals surface area contributed by atoms with Crippen LogP contribution in [-0.2, 0) is 9.47 Å².